The lowest BCUT2D eigenvalue weighted by atomic mass is 9.81. The first-order valence-electron chi connectivity index (χ1n) is 9.25. The first kappa shape index (κ1) is 17.6. The Morgan fingerprint density at radius 2 is 2.14 bits per heavy atom. The average molecular weight is 309 g/mol. The highest BCUT2D eigenvalue weighted by Crippen LogP contribution is 2.30. The molecule has 128 valence electrons. The van der Waals surface area contributed by atoms with Crippen LogP contribution in [0.1, 0.15) is 52.4 Å². The highest BCUT2D eigenvalue weighted by molar-refractivity contribution is 5.80. The van der Waals surface area contributed by atoms with Gasteiger partial charge in [-0.25, -0.2) is 0 Å². The Hall–Kier alpha value is -0.770. The summed E-state index contributed by atoms with van der Waals surface area (Å²) >= 11 is 0. The van der Waals surface area contributed by atoms with Crippen LogP contribution in [0.4, 0.5) is 0 Å². The Bertz CT molecular complexity index is 345. The Balaban J connectivity index is 1.79. The van der Waals surface area contributed by atoms with E-state index in [4.69, 9.17) is 9.73 Å². The van der Waals surface area contributed by atoms with E-state index in [-0.39, 0.29) is 0 Å². The van der Waals surface area contributed by atoms with E-state index in [0.717, 1.165) is 50.6 Å². The van der Waals surface area contributed by atoms with Crippen molar-refractivity contribution in [3.8, 4) is 0 Å². The first-order chi connectivity index (χ1) is 10.7. The molecule has 1 heterocycles. The SMILES string of the molecule is CCNC(=NCCC1CCCC(C)C1)N1CCC(COC)C1. The lowest BCUT2D eigenvalue weighted by Crippen LogP contribution is -2.40. The Labute approximate surface area is 136 Å². The van der Waals surface area contributed by atoms with E-state index in [0.29, 0.717) is 5.92 Å². The minimum atomic E-state index is 0.660. The minimum Gasteiger partial charge on any atom is -0.384 e. The summed E-state index contributed by atoms with van der Waals surface area (Å²) in [5, 5.41) is 3.47. The van der Waals surface area contributed by atoms with E-state index < -0.39 is 0 Å². The number of aliphatic imine (C=N–C) groups is 1. The Morgan fingerprint density at radius 3 is 2.86 bits per heavy atom. The van der Waals surface area contributed by atoms with Crippen molar-refractivity contribution in [2.45, 2.75) is 52.4 Å². The van der Waals surface area contributed by atoms with Crippen LogP contribution in [0.5, 0.6) is 0 Å². The molecule has 0 amide bonds. The molecular formula is C18H35N3O. The van der Waals surface area contributed by atoms with Crippen molar-refractivity contribution in [3.05, 3.63) is 0 Å². The fraction of sp³-hybridized carbons (Fsp3) is 0.944. The summed E-state index contributed by atoms with van der Waals surface area (Å²) in [6.45, 7) is 9.55. The van der Waals surface area contributed by atoms with Crippen LogP contribution in [-0.4, -0.2) is 50.8 Å². The molecule has 3 unspecified atom stereocenters. The van der Waals surface area contributed by atoms with E-state index in [1.807, 2.05) is 0 Å². The summed E-state index contributed by atoms with van der Waals surface area (Å²) < 4.78 is 5.30. The summed E-state index contributed by atoms with van der Waals surface area (Å²) in [5.74, 6) is 3.59. The van der Waals surface area contributed by atoms with Crippen molar-refractivity contribution >= 4 is 5.96 Å². The van der Waals surface area contributed by atoms with Crippen LogP contribution >= 0.6 is 0 Å². The maximum Gasteiger partial charge on any atom is 0.193 e. The van der Waals surface area contributed by atoms with Gasteiger partial charge in [0, 0.05) is 39.2 Å². The molecule has 0 radical (unpaired) electrons. The van der Waals surface area contributed by atoms with Gasteiger partial charge in [-0.1, -0.05) is 26.2 Å². The van der Waals surface area contributed by atoms with Crippen molar-refractivity contribution in [1.82, 2.24) is 10.2 Å². The molecule has 1 aliphatic carbocycles. The monoisotopic (exact) mass is 309 g/mol. The standard InChI is InChI=1S/C18H35N3O/c1-4-19-18(21-11-9-17(13-21)14-22-3)20-10-8-16-7-5-6-15(2)12-16/h15-17H,4-14H2,1-3H3,(H,19,20). The molecule has 0 aromatic carbocycles. The zero-order valence-electron chi connectivity index (χ0n) is 14.8. The summed E-state index contributed by atoms with van der Waals surface area (Å²) in [4.78, 5) is 7.31. The molecule has 0 spiro atoms. The third-order valence-corrected chi connectivity index (χ3v) is 5.17. The van der Waals surface area contributed by atoms with Gasteiger partial charge in [0.05, 0.1) is 6.61 Å². The molecule has 2 rings (SSSR count). The highest BCUT2D eigenvalue weighted by atomic mass is 16.5. The molecule has 1 saturated carbocycles. The third-order valence-electron chi connectivity index (χ3n) is 5.17. The number of nitrogens with one attached hydrogen (secondary N) is 1. The smallest absolute Gasteiger partial charge is 0.193 e. The molecule has 2 fully saturated rings. The normalized spacial score (nSPS) is 29.9. The third kappa shape index (κ3) is 5.45. The lowest BCUT2D eigenvalue weighted by molar-refractivity contribution is 0.157. The molecule has 22 heavy (non-hydrogen) atoms. The van der Waals surface area contributed by atoms with Gasteiger partial charge in [0.1, 0.15) is 0 Å². The van der Waals surface area contributed by atoms with Crippen LogP contribution in [-0.2, 0) is 4.74 Å². The van der Waals surface area contributed by atoms with Crippen LogP contribution in [0.3, 0.4) is 0 Å². The van der Waals surface area contributed by atoms with Gasteiger partial charge >= 0.3 is 0 Å². The Kier molecular flexibility index (Phi) is 7.50. The van der Waals surface area contributed by atoms with Crippen molar-refractivity contribution in [2.75, 3.05) is 39.9 Å². The predicted octanol–water partition coefficient (Wildman–Crippen LogP) is 3.14. The van der Waals surface area contributed by atoms with Crippen LogP contribution < -0.4 is 5.32 Å². The molecule has 0 bridgehead atoms. The fourth-order valence-electron chi connectivity index (χ4n) is 4.00. The fourth-order valence-corrected chi connectivity index (χ4v) is 4.00. The second kappa shape index (κ2) is 9.39. The van der Waals surface area contributed by atoms with E-state index in [1.54, 1.807) is 7.11 Å². The van der Waals surface area contributed by atoms with Crippen molar-refractivity contribution < 1.29 is 4.74 Å². The number of methoxy groups -OCH3 is 1. The number of nitrogens with zero attached hydrogens (tertiary/aromatic N) is 2. The van der Waals surface area contributed by atoms with Crippen molar-refractivity contribution in [1.29, 1.82) is 0 Å². The quantitative estimate of drug-likeness (QED) is 0.605. The van der Waals surface area contributed by atoms with Gasteiger partial charge in [-0.05, 0) is 38.0 Å². The lowest BCUT2D eigenvalue weighted by Gasteiger charge is -2.26. The predicted molar refractivity (Wildman–Crippen MR) is 93.3 cm³/mol. The van der Waals surface area contributed by atoms with E-state index in [9.17, 15) is 0 Å². The summed E-state index contributed by atoms with van der Waals surface area (Å²) in [6.07, 6.45) is 8.15. The van der Waals surface area contributed by atoms with Gasteiger partial charge < -0.3 is 15.0 Å². The second-order valence-corrected chi connectivity index (χ2v) is 7.22. The second-order valence-electron chi connectivity index (χ2n) is 7.22. The number of hydrogen-bond acceptors (Lipinski definition) is 2. The van der Waals surface area contributed by atoms with Gasteiger partial charge in [-0.15, -0.1) is 0 Å². The summed E-state index contributed by atoms with van der Waals surface area (Å²) in [7, 11) is 1.80. The van der Waals surface area contributed by atoms with E-state index in [2.05, 4.69) is 24.1 Å². The molecule has 4 nitrogen and oxygen atoms in total. The van der Waals surface area contributed by atoms with Gasteiger partial charge in [-0.2, -0.15) is 0 Å². The molecule has 3 atom stereocenters. The van der Waals surface area contributed by atoms with Crippen molar-refractivity contribution in [2.24, 2.45) is 22.7 Å². The largest absolute Gasteiger partial charge is 0.384 e. The van der Waals surface area contributed by atoms with E-state index in [1.165, 1.54) is 38.5 Å². The Morgan fingerprint density at radius 1 is 1.27 bits per heavy atom. The first-order valence-corrected chi connectivity index (χ1v) is 9.25. The molecule has 2 aliphatic rings. The number of rotatable bonds is 6. The maximum absolute atomic E-state index is 5.30. The van der Waals surface area contributed by atoms with Crippen molar-refractivity contribution in [3.63, 3.8) is 0 Å². The number of ether oxygens (including phenoxy) is 1. The average Bonchev–Trinajstić information content (AvgIpc) is 2.95. The van der Waals surface area contributed by atoms with Crippen LogP contribution in [0, 0.1) is 17.8 Å². The molecule has 1 aliphatic heterocycles. The molecule has 0 aromatic heterocycles. The molecule has 1 saturated heterocycles. The molecule has 0 aromatic rings. The molecular weight excluding hydrogens is 274 g/mol. The van der Waals surface area contributed by atoms with Crippen LogP contribution in [0.15, 0.2) is 4.99 Å². The molecule has 1 N–H and O–H groups in total. The van der Waals surface area contributed by atoms with Gasteiger partial charge in [0.15, 0.2) is 5.96 Å². The van der Waals surface area contributed by atoms with Gasteiger partial charge in [0.2, 0.25) is 0 Å². The van der Waals surface area contributed by atoms with Crippen LogP contribution in [0.25, 0.3) is 0 Å². The zero-order chi connectivity index (χ0) is 15.8. The number of likely N-dealkylation sites (tertiary alicyclic amines) is 1. The maximum atomic E-state index is 5.30. The van der Waals surface area contributed by atoms with E-state index >= 15 is 0 Å². The zero-order valence-corrected chi connectivity index (χ0v) is 14.8. The van der Waals surface area contributed by atoms with Crippen LogP contribution in [0.2, 0.25) is 0 Å². The van der Waals surface area contributed by atoms with Gasteiger partial charge in [0.25, 0.3) is 0 Å². The summed E-state index contributed by atoms with van der Waals surface area (Å²) in [6, 6.07) is 0. The molecule has 4 heteroatoms. The highest BCUT2D eigenvalue weighted by Gasteiger charge is 2.25. The summed E-state index contributed by atoms with van der Waals surface area (Å²) in [5.41, 5.74) is 0. The topological polar surface area (TPSA) is 36.9 Å². The van der Waals surface area contributed by atoms with Gasteiger partial charge in [-0.3, -0.25) is 4.99 Å². The minimum absolute atomic E-state index is 0.660. The number of hydrogen-bond donors (Lipinski definition) is 1. The number of guanidine groups is 1.